The molecule has 9 rings (SSSR count). The van der Waals surface area contributed by atoms with E-state index >= 15 is 0 Å². The molecule has 11 N–H and O–H groups in total. The van der Waals surface area contributed by atoms with Crippen molar-refractivity contribution in [3.63, 3.8) is 0 Å². The highest BCUT2D eigenvalue weighted by atomic mass is 16.8. The molecule has 9 aliphatic rings. The Morgan fingerprint density at radius 2 is 1.25 bits per heavy atom. The maximum atomic E-state index is 14.7. The van der Waals surface area contributed by atoms with Gasteiger partial charge in [-0.25, -0.2) is 0 Å². The summed E-state index contributed by atoms with van der Waals surface area (Å²) in [4.78, 5) is 14.7. The Morgan fingerprint density at radius 3 is 1.94 bits per heavy atom. The SMILES string of the molecule is CC1OC(OC2C(O)COC(OC3CCC4(C)C(CCC5(C)C4CC=C4C6CC(C)(C)CCC6(C(=O)OC6OC(CO)C(O)C(O)C6O)CCC45C)C3(C)C)C2O)C(O)C(OC2OCC(O)C(O)C2O)C1O. The smallest absolute Gasteiger partial charge is 0.315 e. The van der Waals surface area contributed by atoms with Crippen LogP contribution < -0.4 is 0 Å². The Kier molecular flexibility index (Phi) is 15.2. The van der Waals surface area contributed by atoms with Gasteiger partial charge in [-0.05, 0) is 116 Å². The summed E-state index contributed by atoms with van der Waals surface area (Å²) >= 11 is 0. The topological polar surface area (TPSA) is 313 Å². The van der Waals surface area contributed by atoms with Crippen molar-refractivity contribution in [2.75, 3.05) is 19.8 Å². The monoisotopic (exact) mass is 1030 g/mol. The number of aliphatic hydroxyl groups is 11. The molecule has 0 amide bonds. The molecule has 4 saturated carbocycles. The average Bonchev–Trinajstić information content (AvgIpc) is 3.32. The highest BCUT2D eigenvalue weighted by molar-refractivity contribution is 5.79. The molecule has 0 aromatic rings. The van der Waals surface area contributed by atoms with Crippen LogP contribution in [0.25, 0.3) is 0 Å². The molecule has 20 heteroatoms. The Balaban J connectivity index is 0.897. The van der Waals surface area contributed by atoms with Gasteiger partial charge in [-0.2, -0.15) is 0 Å². The van der Waals surface area contributed by atoms with Gasteiger partial charge in [-0.15, -0.1) is 0 Å². The van der Waals surface area contributed by atoms with E-state index in [4.69, 9.17) is 37.9 Å². The van der Waals surface area contributed by atoms with Gasteiger partial charge >= 0.3 is 5.97 Å². The highest BCUT2D eigenvalue weighted by Gasteiger charge is 2.70. The number of aliphatic hydroxyl groups excluding tert-OH is 11. The summed E-state index contributed by atoms with van der Waals surface area (Å²) < 4.78 is 47.4. The van der Waals surface area contributed by atoms with Crippen LogP contribution in [0.2, 0.25) is 0 Å². The average molecular weight is 1030 g/mol. The van der Waals surface area contributed by atoms with Crippen LogP contribution in [-0.2, 0) is 42.7 Å². The van der Waals surface area contributed by atoms with Crippen molar-refractivity contribution in [1.82, 2.24) is 0 Å². The van der Waals surface area contributed by atoms with E-state index in [1.54, 1.807) is 0 Å². The van der Waals surface area contributed by atoms with Crippen molar-refractivity contribution < 1.29 is 98.9 Å². The summed E-state index contributed by atoms with van der Waals surface area (Å²) in [6, 6.07) is 0. The molecule has 20 nitrogen and oxygen atoms in total. The van der Waals surface area contributed by atoms with Crippen molar-refractivity contribution in [1.29, 1.82) is 0 Å². The number of carbonyl (C=O) groups is 1. The summed E-state index contributed by atoms with van der Waals surface area (Å²) in [5.41, 5.74) is -0.574. The minimum absolute atomic E-state index is 0.0562. The van der Waals surface area contributed by atoms with Gasteiger partial charge in [0.1, 0.15) is 79.4 Å². The molecule has 72 heavy (non-hydrogen) atoms. The first kappa shape index (κ1) is 55.3. The molecular weight excluding hydrogens is 945 g/mol. The quantitative estimate of drug-likeness (QED) is 0.0839. The van der Waals surface area contributed by atoms with Gasteiger partial charge < -0.3 is 94.1 Å². The molecule has 0 spiro atoms. The van der Waals surface area contributed by atoms with Crippen LogP contribution >= 0.6 is 0 Å². The number of allylic oxidation sites excluding steroid dienone is 2. The van der Waals surface area contributed by atoms with E-state index in [2.05, 4.69) is 54.5 Å². The molecule has 412 valence electrons. The maximum absolute atomic E-state index is 14.7. The largest absolute Gasteiger partial charge is 0.432 e. The first-order valence-electron chi connectivity index (χ1n) is 26.5. The van der Waals surface area contributed by atoms with E-state index in [1.807, 2.05) is 0 Å². The first-order chi connectivity index (χ1) is 33.7. The van der Waals surface area contributed by atoms with Gasteiger partial charge in [0.25, 0.3) is 0 Å². The molecule has 0 radical (unpaired) electrons. The van der Waals surface area contributed by atoms with Gasteiger partial charge in [0.15, 0.2) is 18.9 Å². The molecular formula is C52H84O20. The van der Waals surface area contributed by atoms with Crippen LogP contribution in [0.4, 0.5) is 0 Å². The lowest BCUT2D eigenvalue weighted by Crippen LogP contribution is -2.66. The Morgan fingerprint density at radius 1 is 0.625 bits per heavy atom. The molecule has 8 fully saturated rings. The lowest BCUT2D eigenvalue weighted by Gasteiger charge is -2.71. The van der Waals surface area contributed by atoms with Gasteiger partial charge in [0, 0.05) is 0 Å². The van der Waals surface area contributed by atoms with Crippen molar-refractivity contribution in [3.05, 3.63) is 11.6 Å². The Labute approximate surface area is 421 Å². The standard InChI is InChI=1S/C52H84O20/c1-23-32(56)41(71-42-36(60)33(57)26(54)21-65-42)39(63)45(67-23)70-40-27(55)22-66-43(38(40)62)69-31-12-13-49(6)29(48(31,4)5)11-14-51(8)30(49)10-9-24-25-19-47(2,3)15-17-52(25,18-16-50(24,51)7)46(64)72-44-37(61)35(59)34(58)28(20-53)68-44/h9,23,25-45,53-63H,10-22H2,1-8H3. The number of hydrogen-bond acceptors (Lipinski definition) is 20. The molecule has 0 bridgehead atoms. The highest BCUT2D eigenvalue weighted by Crippen LogP contribution is 2.76. The fourth-order valence-electron chi connectivity index (χ4n) is 15.9. The third kappa shape index (κ3) is 8.87. The summed E-state index contributed by atoms with van der Waals surface area (Å²) in [7, 11) is 0. The normalized spacial score (nSPS) is 54.2. The zero-order chi connectivity index (χ0) is 52.4. The fourth-order valence-corrected chi connectivity index (χ4v) is 15.9. The molecule has 5 aliphatic carbocycles. The van der Waals surface area contributed by atoms with Crippen LogP contribution in [0.5, 0.6) is 0 Å². The third-order valence-electron chi connectivity index (χ3n) is 20.6. The van der Waals surface area contributed by atoms with Crippen molar-refractivity contribution in [2.24, 2.45) is 50.2 Å². The zero-order valence-electron chi connectivity index (χ0n) is 43.1. The minimum Gasteiger partial charge on any atom is -0.432 e. The number of hydrogen-bond donors (Lipinski definition) is 11. The van der Waals surface area contributed by atoms with Crippen LogP contribution in [0.1, 0.15) is 120 Å². The maximum Gasteiger partial charge on any atom is 0.315 e. The first-order valence-corrected chi connectivity index (χ1v) is 26.5. The number of ether oxygens (including phenoxy) is 8. The number of esters is 1. The second-order valence-corrected chi connectivity index (χ2v) is 25.4. The zero-order valence-corrected chi connectivity index (χ0v) is 43.1. The van der Waals surface area contributed by atoms with E-state index < -0.39 is 134 Å². The third-order valence-corrected chi connectivity index (χ3v) is 20.6. The lowest BCUT2D eigenvalue weighted by molar-refractivity contribution is -0.371. The van der Waals surface area contributed by atoms with E-state index in [-0.39, 0.29) is 58.7 Å². The van der Waals surface area contributed by atoms with E-state index in [0.29, 0.717) is 19.3 Å². The second kappa shape index (κ2) is 19.7. The number of rotatable bonds is 9. The molecule has 4 aliphatic heterocycles. The van der Waals surface area contributed by atoms with Crippen LogP contribution in [0.15, 0.2) is 11.6 Å². The Hall–Kier alpha value is -1.51. The summed E-state index contributed by atoms with van der Waals surface area (Å²) in [6.07, 6.45) is -16.8. The number of fused-ring (bicyclic) bond motifs is 7. The van der Waals surface area contributed by atoms with Crippen LogP contribution in [-0.4, -0.2) is 199 Å². The van der Waals surface area contributed by atoms with E-state index in [0.717, 1.165) is 44.9 Å². The predicted octanol–water partition coefficient (Wildman–Crippen LogP) is 0.271. The second-order valence-electron chi connectivity index (χ2n) is 25.4. The minimum atomic E-state index is -1.72. The Bertz CT molecular complexity index is 1990. The molecule has 4 heterocycles. The predicted molar refractivity (Wildman–Crippen MR) is 249 cm³/mol. The van der Waals surface area contributed by atoms with Gasteiger partial charge in [-0.1, -0.05) is 60.1 Å². The number of carbonyl (C=O) groups excluding carboxylic acids is 1. The van der Waals surface area contributed by atoms with Crippen molar-refractivity contribution >= 4 is 5.97 Å². The van der Waals surface area contributed by atoms with E-state index in [9.17, 15) is 61.0 Å². The van der Waals surface area contributed by atoms with Crippen LogP contribution in [0, 0.1) is 50.2 Å². The molecule has 4 saturated heterocycles. The van der Waals surface area contributed by atoms with Crippen LogP contribution in [0.3, 0.4) is 0 Å². The molecule has 26 unspecified atom stereocenters. The lowest BCUT2D eigenvalue weighted by atomic mass is 9.33. The van der Waals surface area contributed by atoms with Crippen molar-refractivity contribution in [3.8, 4) is 0 Å². The summed E-state index contributed by atoms with van der Waals surface area (Å²) in [5.74, 6) is -0.131. The van der Waals surface area contributed by atoms with Crippen molar-refractivity contribution in [2.45, 2.75) is 236 Å². The molecule has 26 atom stereocenters. The molecule has 0 aromatic heterocycles. The molecule has 0 aromatic carbocycles. The van der Waals surface area contributed by atoms with Gasteiger partial charge in [0.2, 0.25) is 6.29 Å². The summed E-state index contributed by atoms with van der Waals surface area (Å²) in [5, 5.41) is 118. The van der Waals surface area contributed by atoms with E-state index in [1.165, 1.54) is 12.5 Å². The van der Waals surface area contributed by atoms with Gasteiger partial charge in [0.05, 0.1) is 37.4 Å². The summed E-state index contributed by atoms with van der Waals surface area (Å²) in [6.45, 7) is 16.5. The fraction of sp³-hybridized carbons (Fsp3) is 0.942. The van der Waals surface area contributed by atoms with Gasteiger partial charge in [-0.3, -0.25) is 4.79 Å².